The average molecular weight is 326 g/mol. The van der Waals surface area contributed by atoms with Crippen LogP contribution < -0.4 is 10.9 Å². The van der Waals surface area contributed by atoms with Crippen molar-refractivity contribution in [2.24, 2.45) is 7.05 Å². The van der Waals surface area contributed by atoms with Gasteiger partial charge in [0.05, 0.1) is 17.7 Å². The van der Waals surface area contributed by atoms with Crippen molar-refractivity contribution in [3.8, 4) is 11.3 Å². The number of amides is 1. The van der Waals surface area contributed by atoms with Crippen molar-refractivity contribution in [1.29, 1.82) is 0 Å². The lowest BCUT2D eigenvalue weighted by molar-refractivity contribution is 0.0947. The predicted octanol–water partition coefficient (Wildman–Crippen LogP) is 2.71. The molecule has 0 atom stereocenters. The number of hydrogen-bond acceptors (Lipinski definition) is 3. The number of aryl methyl sites for hydroxylation is 1. The van der Waals surface area contributed by atoms with E-state index in [2.05, 4.69) is 5.32 Å². The molecule has 1 N–H and O–H groups in total. The zero-order chi connectivity index (χ0) is 17.1. The summed E-state index contributed by atoms with van der Waals surface area (Å²) < 4.78 is 20.6. The second-order valence-electron chi connectivity index (χ2n) is 5.30. The van der Waals surface area contributed by atoms with E-state index in [9.17, 15) is 14.0 Å². The third kappa shape index (κ3) is 3.27. The minimum Gasteiger partial charge on any atom is -0.459 e. The van der Waals surface area contributed by atoms with E-state index in [-0.39, 0.29) is 23.8 Å². The van der Waals surface area contributed by atoms with Gasteiger partial charge >= 0.3 is 0 Å². The molecule has 1 amide bonds. The first-order valence-electron chi connectivity index (χ1n) is 7.33. The van der Waals surface area contributed by atoms with Gasteiger partial charge in [-0.25, -0.2) is 4.39 Å². The van der Waals surface area contributed by atoms with Gasteiger partial charge < -0.3 is 14.3 Å². The Morgan fingerprint density at radius 3 is 2.71 bits per heavy atom. The zero-order valence-electron chi connectivity index (χ0n) is 13.0. The molecule has 24 heavy (non-hydrogen) atoms. The maximum atomic E-state index is 13.7. The molecular weight excluding hydrogens is 311 g/mol. The molecule has 2 heterocycles. The summed E-state index contributed by atoms with van der Waals surface area (Å²) in [5, 5.41) is 2.70. The van der Waals surface area contributed by atoms with Gasteiger partial charge in [-0.05, 0) is 30.3 Å². The maximum Gasteiger partial charge on any atom is 0.253 e. The van der Waals surface area contributed by atoms with E-state index in [1.54, 1.807) is 37.4 Å². The van der Waals surface area contributed by atoms with Crippen LogP contribution in [0.1, 0.15) is 16.1 Å². The van der Waals surface area contributed by atoms with Crippen LogP contribution in [0, 0.1) is 5.82 Å². The molecule has 3 aromatic rings. The monoisotopic (exact) mass is 326 g/mol. The molecule has 1 aromatic carbocycles. The van der Waals surface area contributed by atoms with Gasteiger partial charge in [-0.3, -0.25) is 9.59 Å². The van der Waals surface area contributed by atoms with Crippen molar-refractivity contribution in [2.75, 3.05) is 0 Å². The highest BCUT2D eigenvalue weighted by Gasteiger charge is 2.11. The van der Waals surface area contributed by atoms with Gasteiger partial charge in [0.1, 0.15) is 17.3 Å². The lowest BCUT2D eigenvalue weighted by Crippen LogP contribution is -2.25. The minimum atomic E-state index is -0.368. The quantitative estimate of drug-likeness (QED) is 0.802. The Labute approximate surface area is 137 Å². The molecule has 0 spiro atoms. The summed E-state index contributed by atoms with van der Waals surface area (Å²) in [5.74, 6) is 0.216. The SMILES string of the molecule is Cn1cc(C(=O)NCc2ccc(-c3ccccc3F)o2)ccc1=O. The molecule has 0 saturated carbocycles. The molecule has 0 aliphatic rings. The predicted molar refractivity (Wildman–Crippen MR) is 87.0 cm³/mol. The number of pyridine rings is 1. The summed E-state index contributed by atoms with van der Waals surface area (Å²) in [7, 11) is 1.58. The van der Waals surface area contributed by atoms with Crippen molar-refractivity contribution in [3.63, 3.8) is 0 Å². The summed E-state index contributed by atoms with van der Waals surface area (Å²) in [6.07, 6.45) is 1.46. The van der Waals surface area contributed by atoms with Crippen molar-refractivity contribution in [1.82, 2.24) is 9.88 Å². The number of benzene rings is 1. The van der Waals surface area contributed by atoms with Gasteiger partial charge in [-0.15, -0.1) is 0 Å². The standard InChI is InChI=1S/C18H15FN2O3/c1-21-11-12(6-9-17(21)22)18(23)20-10-13-7-8-16(24-13)14-4-2-3-5-15(14)19/h2-9,11H,10H2,1H3,(H,20,23). The molecule has 0 saturated heterocycles. The Bertz CT molecular complexity index is 943. The number of carbonyl (C=O) groups is 1. The fraction of sp³-hybridized carbons (Fsp3) is 0.111. The van der Waals surface area contributed by atoms with E-state index in [0.717, 1.165) is 0 Å². The van der Waals surface area contributed by atoms with Crippen LogP contribution in [-0.4, -0.2) is 10.5 Å². The van der Waals surface area contributed by atoms with Crippen LogP contribution in [0.25, 0.3) is 11.3 Å². The van der Waals surface area contributed by atoms with Gasteiger partial charge in [0, 0.05) is 19.3 Å². The smallest absolute Gasteiger partial charge is 0.253 e. The summed E-state index contributed by atoms with van der Waals surface area (Å²) >= 11 is 0. The number of nitrogens with zero attached hydrogens (tertiary/aromatic N) is 1. The van der Waals surface area contributed by atoms with E-state index in [1.165, 1.54) is 29.0 Å². The lowest BCUT2D eigenvalue weighted by Gasteiger charge is -2.05. The van der Waals surface area contributed by atoms with Gasteiger partial charge in [-0.2, -0.15) is 0 Å². The van der Waals surface area contributed by atoms with Crippen molar-refractivity contribution in [3.05, 3.63) is 82.2 Å². The molecule has 0 bridgehead atoms. The van der Waals surface area contributed by atoms with Crippen LogP contribution >= 0.6 is 0 Å². The van der Waals surface area contributed by atoms with Crippen LogP contribution in [-0.2, 0) is 13.6 Å². The van der Waals surface area contributed by atoms with Crippen molar-refractivity contribution in [2.45, 2.75) is 6.54 Å². The number of carbonyl (C=O) groups excluding carboxylic acids is 1. The third-order valence-electron chi connectivity index (χ3n) is 3.57. The number of rotatable bonds is 4. The first-order chi connectivity index (χ1) is 11.5. The number of furan rings is 1. The van der Waals surface area contributed by atoms with E-state index >= 15 is 0 Å². The lowest BCUT2D eigenvalue weighted by atomic mass is 10.1. The molecule has 0 fully saturated rings. The van der Waals surface area contributed by atoms with Crippen LogP contribution in [0.5, 0.6) is 0 Å². The third-order valence-corrected chi connectivity index (χ3v) is 3.57. The highest BCUT2D eigenvalue weighted by molar-refractivity contribution is 5.93. The first-order valence-corrected chi connectivity index (χ1v) is 7.33. The largest absolute Gasteiger partial charge is 0.459 e. The number of aromatic nitrogens is 1. The molecule has 2 aromatic heterocycles. The number of halogens is 1. The van der Waals surface area contributed by atoms with Crippen LogP contribution in [0.3, 0.4) is 0 Å². The minimum absolute atomic E-state index is 0.163. The molecule has 3 rings (SSSR count). The Balaban J connectivity index is 1.69. The molecule has 5 nitrogen and oxygen atoms in total. The summed E-state index contributed by atoms with van der Waals surface area (Å²) in [4.78, 5) is 23.4. The summed E-state index contributed by atoms with van der Waals surface area (Å²) in [6.45, 7) is 0.163. The fourth-order valence-electron chi connectivity index (χ4n) is 2.28. The Kier molecular flexibility index (Phi) is 4.29. The van der Waals surface area contributed by atoms with E-state index in [1.807, 2.05) is 0 Å². The van der Waals surface area contributed by atoms with Gasteiger partial charge in [0.25, 0.3) is 5.91 Å². The number of hydrogen-bond donors (Lipinski definition) is 1. The van der Waals surface area contributed by atoms with Crippen molar-refractivity contribution >= 4 is 5.91 Å². The first kappa shape index (κ1) is 15.7. The normalized spacial score (nSPS) is 10.6. The summed E-state index contributed by atoms with van der Waals surface area (Å²) in [6, 6.07) is 12.5. The van der Waals surface area contributed by atoms with Crippen LogP contribution in [0.4, 0.5) is 4.39 Å². The molecular formula is C18H15FN2O3. The highest BCUT2D eigenvalue weighted by atomic mass is 19.1. The second-order valence-corrected chi connectivity index (χ2v) is 5.30. The van der Waals surface area contributed by atoms with E-state index in [0.29, 0.717) is 22.6 Å². The Hall–Kier alpha value is -3.15. The van der Waals surface area contributed by atoms with Gasteiger partial charge in [0.2, 0.25) is 5.56 Å². The fourth-order valence-corrected chi connectivity index (χ4v) is 2.28. The topological polar surface area (TPSA) is 64.2 Å². The van der Waals surface area contributed by atoms with Gasteiger partial charge in [-0.1, -0.05) is 12.1 Å². The highest BCUT2D eigenvalue weighted by Crippen LogP contribution is 2.24. The van der Waals surface area contributed by atoms with Crippen molar-refractivity contribution < 1.29 is 13.6 Å². The molecule has 0 aliphatic heterocycles. The van der Waals surface area contributed by atoms with E-state index < -0.39 is 0 Å². The molecule has 0 unspecified atom stereocenters. The average Bonchev–Trinajstić information content (AvgIpc) is 3.04. The zero-order valence-corrected chi connectivity index (χ0v) is 13.0. The number of nitrogens with one attached hydrogen (secondary N) is 1. The summed E-state index contributed by atoms with van der Waals surface area (Å²) in [5.41, 5.74) is 0.554. The Morgan fingerprint density at radius 1 is 1.17 bits per heavy atom. The Morgan fingerprint density at radius 2 is 1.96 bits per heavy atom. The molecule has 122 valence electrons. The maximum absolute atomic E-state index is 13.7. The van der Waals surface area contributed by atoms with Crippen LogP contribution in [0.2, 0.25) is 0 Å². The molecule has 6 heteroatoms. The van der Waals surface area contributed by atoms with E-state index in [4.69, 9.17) is 4.42 Å². The molecule has 0 radical (unpaired) electrons. The van der Waals surface area contributed by atoms with Gasteiger partial charge in [0.15, 0.2) is 0 Å². The molecule has 0 aliphatic carbocycles. The second kappa shape index (κ2) is 6.54. The van der Waals surface area contributed by atoms with Crippen LogP contribution in [0.15, 0.2) is 63.9 Å².